The first-order chi connectivity index (χ1) is 9.18. The van der Waals surface area contributed by atoms with Crippen LogP contribution < -0.4 is 10.6 Å². The summed E-state index contributed by atoms with van der Waals surface area (Å²) in [6.07, 6.45) is 6.38. The van der Waals surface area contributed by atoms with Gasteiger partial charge < -0.3 is 15.4 Å². The van der Waals surface area contributed by atoms with Crippen molar-refractivity contribution in [1.29, 1.82) is 0 Å². The Labute approximate surface area is 126 Å². The highest BCUT2D eigenvalue weighted by molar-refractivity contribution is 5.89. The van der Waals surface area contributed by atoms with E-state index in [1.165, 1.54) is 7.11 Å². The van der Waals surface area contributed by atoms with E-state index in [-0.39, 0.29) is 30.2 Å². The molecule has 1 heterocycles. The predicted octanol–water partition coefficient (Wildman–Crippen LogP) is 1.40. The van der Waals surface area contributed by atoms with Crippen molar-refractivity contribution in [1.82, 2.24) is 10.6 Å². The van der Waals surface area contributed by atoms with Crippen LogP contribution in [0.15, 0.2) is 0 Å². The fourth-order valence-corrected chi connectivity index (χ4v) is 3.14. The van der Waals surface area contributed by atoms with Gasteiger partial charge in [-0.15, -0.1) is 12.4 Å². The van der Waals surface area contributed by atoms with Crippen LogP contribution in [0.5, 0.6) is 0 Å². The van der Waals surface area contributed by atoms with E-state index in [0.717, 1.165) is 38.6 Å². The SMILES string of the molecule is COC(=O)C1(NC(=O)C2CCCNC2)CCCCC1.Cl. The van der Waals surface area contributed by atoms with Crippen molar-refractivity contribution in [3.05, 3.63) is 0 Å². The van der Waals surface area contributed by atoms with E-state index < -0.39 is 5.54 Å². The molecule has 0 radical (unpaired) electrons. The quantitative estimate of drug-likeness (QED) is 0.774. The third kappa shape index (κ3) is 3.85. The van der Waals surface area contributed by atoms with E-state index in [2.05, 4.69) is 10.6 Å². The van der Waals surface area contributed by atoms with Gasteiger partial charge in [0.15, 0.2) is 0 Å². The van der Waals surface area contributed by atoms with Crippen LogP contribution in [0.3, 0.4) is 0 Å². The topological polar surface area (TPSA) is 67.4 Å². The zero-order valence-corrected chi connectivity index (χ0v) is 12.9. The van der Waals surface area contributed by atoms with Crippen molar-refractivity contribution in [2.45, 2.75) is 50.5 Å². The van der Waals surface area contributed by atoms with Crippen LogP contribution in [0.1, 0.15) is 44.9 Å². The van der Waals surface area contributed by atoms with Crippen LogP contribution in [0.25, 0.3) is 0 Å². The van der Waals surface area contributed by atoms with Crippen LogP contribution >= 0.6 is 12.4 Å². The molecule has 2 aliphatic rings. The zero-order valence-electron chi connectivity index (χ0n) is 12.1. The van der Waals surface area contributed by atoms with Crippen molar-refractivity contribution >= 4 is 24.3 Å². The Morgan fingerprint density at radius 2 is 1.90 bits per heavy atom. The van der Waals surface area contributed by atoms with Crippen molar-refractivity contribution in [3.63, 3.8) is 0 Å². The molecule has 2 rings (SSSR count). The monoisotopic (exact) mass is 304 g/mol. The summed E-state index contributed by atoms with van der Waals surface area (Å²) in [6.45, 7) is 1.69. The minimum Gasteiger partial charge on any atom is -0.467 e. The van der Waals surface area contributed by atoms with E-state index in [0.29, 0.717) is 19.4 Å². The second-order valence-electron chi connectivity index (χ2n) is 5.67. The third-order valence-corrected chi connectivity index (χ3v) is 4.31. The van der Waals surface area contributed by atoms with Gasteiger partial charge in [-0.3, -0.25) is 4.79 Å². The molecule has 1 unspecified atom stereocenters. The molecule has 116 valence electrons. The molecule has 0 bridgehead atoms. The molecule has 20 heavy (non-hydrogen) atoms. The summed E-state index contributed by atoms with van der Waals surface area (Å²) in [5.41, 5.74) is -0.776. The first-order valence-electron chi connectivity index (χ1n) is 7.29. The molecule has 1 saturated heterocycles. The van der Waals surface area contributed by atoms with E-state index in [4.69, 9.17) is 4.74 Å². The van der Waals surface area contributed by atoms with Gasteiger partial charge in [-0.2, -0.15) is 0 Å². The average molecular weight is 305 g/mol. The lowest BCUT2D eigenvalue weighted by atomic mass is 9.81. The molecule has 1 aliphatic heterocycles. The molecule has 0 aromatic carbocycles. The average Bonchev–Trinajstić information content (AvgIpc) is 2.48. The lowest BCUT2D eigenvalue weighted by molar-refractivity contribution is -0.153. The van der Waals surface area contributed by atoms with Gasteiger partial charge in [0.05, 0.1) is 13.0 Å². The molecular weight excluding hydrogens is 280 g/mol. The van der Waals surface area contributed by atoms with E-state index in [9.17, 15) is 9.59 Å². The summed E-state index contributed by atoms with van der Waals surface area (Å²) in [7, 11) is 1.40. The minimum atomic E-state index is -0.776. The Morgan fingerprint density at radius 1 is 1.20 bits per heavy atom. The molecule has 5 nitrogen and oxygen atoms in total. The number of rotatable bonds is 3. The van der Waals surface area contributed by atoms with Crippen molar-refractivity contribution in [2.24, 2.45) is 5.92 Å². The number of methoxy groups -OCH3 is 1. The Bertz CT molecular complexity index is 337. The molecule has 0 aromatic heterocycles. The lowest BCUT2D eigenvalue weighted by Crippen LogP contribution is -2.58. The molecule has 1 atom stereocenters. The summed E-state index contributed by atoms with van der Waals surface area (Å²) in [5.74, 6) is -0.305. The normalized spacial score (nSPS) is 25.1. The Morgan fingerprint density at radius 3 is 2.45 bits per heavy atom. The standard InChI is InChI=1S/C14H24N2O3.ClH/c1-19-13(18)14(7-3-2-4-8-14)16-12(17)11-6-5-9-15-10-11;/h11,15H,2-10H2,1H3,(H,16,17);1H. The Hall–Kier alpha value is -0.810. The van der Waals surface area contributed by atoms with Crippen molar-refractivity contribution in [2.75, 3.05) is 20.2 Å². The van der Waals surface area contributed by atoms with Crippen LogP contribution in [-0.2, 0) is 14.3 Å². The fraction of sp³-hybridized carbons (Fsp3) is 0.857. The van der Waals surface area contributed by atoms with Gasteiger partial charge in [0, 0.05) is 6.54 Å². The number of hydrogen-bond acceptors (Lipinski definition) is 4. The van der Waals surface area contributed by atoms with Gasteiger partial charge in [0.2, 0.25) is 5.91 Å². The highest BCUT2D eigenvalue weighted by Crippen LogP contribution is 2.30. The second kappa shape index (κ2) is 7.84. The number of hydrogen-bond donors (Lipinski definition) is 2. The molecule has 0 aromatic rings. The second-order valence-corrected chi connectivity index (χ2v) is 5.67. The van der Waals surface area contributed by atoms with E-state index in [1.807, 2.05) is 0 Å². The summed E-state index contributed by atoms with van der Waals surface area (Å²) in [5, 5.41) is 6.23. The number of amides is 1. The van der Waals surface area contributed by atoms with Crippen molar-refractivity contribution in [3.8, 4) is 0 Å². The highest BCUT2D eigenvalue weighted by atomic mass is 35.5. The number of carbonyl (C=O) groups is 2. The molecule has 2 N–H and O–H groups in total. The number of ether oxygens (including phenoxy) is 1. The van der Waals surface area contributed by atoms with Gasteiger partial charge in [-0.05, 0) is 32.2 Å². The molecule has 6 heteroatoms. The molecule has 0 spiro atoms. The van der Waals surface area contributed by atoms with Gasteiger partial charge >= 0.3 is 5.97 Å². The molecule has 1 amide bonds. The fourth-order valence-electron chi connectivity index (χ4n) is 3.14. The van der Waals surface area contributed by atoms with E-state index in [1.54, 1.807) is 0 Å². The van der Waals surface area contributed by atoms with Crippen LogP contribution in [0.2, 0.25) is 0 Å². The highest BCUT2D eigenvalue weighted by Gasteiger charge is 2.43. The van der Waals surface area contributed by atoms with Gasteiger partial charge in [0.25, 0.3) is 0 Å². The first kappa shape index (κ1) is 17.2. The molecule has 1 aliphatic carbocycles. The maximum Gasteiger partial charge on any atom is 0.331 e. The number of carbonyl (C=O) groups excluding carboxylic acids is 2. The smallest absolute Gasteiger partial charge is 0.331 e. The molecule has 1 saturated carbocycles. The number of nitrogens with one attached hydrogen (secondary N) is 2. The predicted molar refractivity (Wildman–Crippen MR) is 78.8 cm³/mol. The first-order valence-corrected chi connectivity index (χ1v) is 7.29. The van der Waals surface area contributed by atoms with Crippen molar-refractivity contribution < 1.29 is 14.3 Å². The summed E-state index contributed by atoms with van der Waals surface area (Å²) in [4.78, 5) is 24.4. The summed E-state index contributed by atoms with van der Waals surface area (Å²) < 4.78 is 4.91. The zero-order chi connectivity index (χ0) is 13.7. The van der Waals surface area contributed by atoms with Gasteiger partial charge in [-0.25, -0.2) is 4.79 Å². The van der Waals surface area contributed by atoms with E-state index >= 15 is 0 Å². The van der Waals surface area contributed by atoms with Crippen LogP contribution in [0, 0.1) is 5.92 Å². The van der Waals surface area contributed by atoms with Gasteiger partial charge in [-0.1, -0.05) is 19.3 Å². The van der Waals surface area contributed by atoms with Gasteiger partial charge in [0.1, 0.15) is 5.54 Å². The number of piperidine rings is 1. The number of halogens is 1. The summed E-state index contributed by atoms with van der Waals surface area (Å²) >= 11 is 0. The largest absolute Gasteiger partial charge is 0.467 e. The Balaban J connectivity index is 0.00000200. The third-order valence-electron chi connectivity index (χ3n) is 4.31. The minimum absolute atomic E-state index is 0. The Kier molecular flexibility index (Phi) is 6.76. The lowest BCUT2D eigenvalue weighted by Gasteiger charge is -2.36. The molecular formula is C14H25ClN2O3. The molecule has 2 fully saturated rings. The van der Waals surface area contributed by atoms with Crippen LogP contribution in [0.4, 0.5) is 0 Å². The maximum atomic E-state index is 12.3. The summed E-state index contributed by atoms with van der Waals surface area (Å²) in [6, 6.07) is 0. The maximum absolute atomic E-state index is 12.3. The number of esters is 1. The van der Waals surface area contributed by atoms with Crippen LogP contribution in [-0.4, -0.2) is 37.6 Å².